The van der Waals surface area contributed by atoms with Crippen molar-refractivity contribution in [2.24, 2.45) is 0 Å². The summed E-state index contributed by atoms with van der Waals surface area (Å²) in [5.74, 6) is -0.267. The van der Waals surface area contributed by atoms with Crippen LogP contribution in [0.15, 0.2) is 18.6 Å². The fourth-order valence-corrected chi connectivity index (χ4v) is 2.57. The topological polar surface area (TPSA) is 91.2 Å². The first-order chi connectivity index (χ1) is 11.7. The highest BCUT2D eigenvalue weighted by molar-refractivity contribution is 5.91. The van der Waals surface area contributed by atoms with Crippen molar-refractivity contribution in [3.63, 3.8) is 0 Å². The number of ether oxygens (including phenoxy) is 2. The highest BCUT2D eigenvalue weighted by Crippen LogP contribution is 2.25. The Hall–Kier alpha value is -2.32. The molecule has 3 rings (SSSR count). The van der Waals surface area contributed by atoms with Gasteiger partial charge >= 0.3 is 0 Å². The van der Waals surface area contributed by atoms with Gasteiger partial charge in [-0.15, -0.1) is 0 Å². The average molecular weight is 331 g/mol. The molecule has 0 saturated carbocycles. The third-order valence-electron chi connectivity index (χ3n) is 3.85. The third-order valence-corrected chi connectivity index (χ3v) is 3.85. The van der Waals surface area contributed by atoms with Crippen molar-refractivity contribution in [3.8, 4) is 0 Å². The van der Waals surface area contributed by atoms with Crippen LogP contribution in [0.3, 0.4) is 0 Å². The van der Waals surface area contributed by atoms with Crippen LogP contribution in [0.1, 0.15) is 33.5 Å². The fourth-order valence-electron chi connectivity index (χ4n) is 2.57. The van der Waals surface area contributed by atoms with Gasteiger partial charge in [0.05, 0.1) is 37.3 Å². The highest BCUT2D eigenvalue weighted by atomic mass is 16.5. The van der Waals surface area contributed by atoms with Crippen molar-refractivity contribution in [1.82, 2.24) is 25.1 Å². The number of aryl methyl sites for hydroxylation is 1. The zero-order valence-corrected chi connectivity index (χ0v) is 13.9. The van der Waals surface area contributed by atoms with Gasteiger partial charge in [0.1, 0.15) is 11.8 Å². The Morgan fingerprint density at radius 1 is 1.46 bits per heavy atom. The maximum absolute atomic E-state index is 12.1. The Kier molecular flexibility index (Phi) is 5.17. The van der Waals surface area contributed by atoms with E-state index in [2.05, 4.69) is 20.4 Å². The number of hydrogen-bond acceptors (Lipinski definition) is 6. The van der Waals surface area contributed by atoms with Gasteiger partial charge in [-0.25, -0.2) is 4.98 Å². The molecule has 0 saturated heterocycles. The number of nitrogens with one attached hydrogen (secondary N) is 1. The van der Waals surface area contributed by atoms with Crippen molar-refractivity contribution in [3.05, 3.63) is 41.2 Å². The van der Waals surface area contributed by atoms with Crippen LogP contribution >= 0.6 is 0 Å². The molecule has 0 spiro atoms. The quantitative estimate of drug-likeness (QED) is 0.837. The molecule has 2 aromatic heterocycles. The second kappa shape index (κ2) is 7.50. The fraction of sp³-hybridized carbons (Fsp3) is 0.500. The molecule has 0 fully saturated rings. The standard InChI is InChI=1S/C16H21N5O3/c1-11-7-18-13(8-17-11)16(22)19-9-14-15-12(3-5-24-14)10-21(20-15)4-6-23-2/h7-8,10,14H,3-6,9H2,1-2H3,(H,19,22)/t14-/m0/s1. The molecule has 2 aromatic rings. The maximum Gasteiger partial charge on any atom is 0.271 e. The minimum atomic E-state index is -0.267. The van der Waals surface area contributed by atoms with Crippen LogP contribution in [0, 0.1) is 6.92 Å². The van der Waals surface area contributed by atoms with E-state index in [4.69, 9.17) is 9.47 Å². The number of methoxy groups -OCH3 is 1. The SMILES string of the molecule is COCCn1cc2c(n1)[C@H](CNC(=O)c1cnc(C)cn1)OCC2. The molecule has 128 valence electrons. The van der Waals surface area contributed by atoms with Crippen LogP contribution in [0.25, 0.3) is 0 Å². The van der Waals surface area contributed by atoms with E-state index in [1.165, 1.54) is 6.20 Å². The largest absolute Gasteiger partial charge is 0.383 e. The first kappa shape index (κ1) is 16.5. The molecular weight excluding hydrogens is 310 g/mol. The van der Waals surface area contributed by atoms with E-state index in [-0.39, 0.29) is 12.0 Å². The number of carbonyl (C=O) groups is 1. The summed E-state index contributed by atoms with van der Waals surface area (Å²) in [5, 5.41) is 7.41. The maximum atomic E-state index is 12.1. The summed E-state index contributed by atoms with van der Waals surface area (Å²) >= 11 is 0. The van der Waals surface area contributed by atoms with Crippen LogP contribution in [0.5, 0.6) is 0 Å². The van der Waals surface area contributed by atoms with E-state index in [0.717, 1.165) is 23.4 Å². The number of rotatable bonds is 6. The van der Waals surface area contributed by atoms with E-state index in [0.29, 0.717) is 32.0 Å². The van der Waals surface area contributed by atoms with Crippen LogP contribution in [0.2, 0.25) is 0 Å². The summed E-state index contributed by atoms with van der Waals surface area (Å²) in [6, 6.07) is 0. The molecule has 0 bridgehead atoms. The van der Waals surface area contributed by atoms with Gasteiger partial charge in [-0.3, -0.25) is 14.5 Å². The van der Waals surface area contributed by atoms with Gasteiger partial charge in [0.15, 0.2) is 0 Å². The van der Waals surface area contributed by atoms with E-state index in [9.17, 15) is 4.79 Å². The molecule has 0 aliphatic carbocycles. The van der Waals surface area contributed by atoms with Crippen molar-refractivity contribution >= 4 is 5.91 Å². The molecule has 8 nitrogen and oxygen atoms in total. The van der Waals surface area contributed by atoms with Gasteiger partial charge in [-0.2, -0.15) is 5.10 Å². The lowest BCUT2D eigenvalue weighted by Gasteiger charge is -2.22. The lowest BCUT2D eigenvalue weighted by molar-refractivity contribution is 0.0381. The number of aromatic nitrogens is 4. The first-order valence-electron chi connectivity index (χ1n) is 7.91. The number of carbonyl (C=O) groups excluding carboxylic acids is 1. The molecule has 8 heteroatoms. The summed E-state index contributed by atoms with van der Waals surface area (Å²) in [6.07, 6.45) is 5.64. The van der Waals surface area contributed by atoms with Gasteiger partial charge in [-0.1, -0.05) is 0 Å². The third kappa shape index (κ3) is 3.77. The van der Waals surface area contributed by atoms with Gasteiger partial charge in [-0.05, 0) is 18.9 Å². The van der Waals surface area contributed by atoms with Gasteiger partial charge in [0, 0.05) is 26.0 Å². The van der Waals surface area contributed by atoms with Crippen LogP contribution in [0.4, 0.5) is 0 Å². The van der Waals surface area contributed by atoms with Gasteiger partial charge in [0.25, 0.3) is 5.91 Å². The molecule has 1 amide bonds. The molecule has 3 heterocycles. The molecule has 1 atom stereocenters. The second-order valence-electron chi connectivity index (χ2n) is 5.66. The van der Waals surface area contributed by atoms with Crippen molar-refractivity contribution in [2.45, 2.75) is 26.0 Å². The highest BCUT2D eigenvalue weighted by Gasteiger charge is 2.25. The van der Waals surface area contributed by atoms with Crippen LogP contribution < -0.4 is 5.32 Å². The molecule has 0 radical (unpaired) electrons. The molecule has 1 N–H and O–H groups in total. The van der Waals surface area contributed by atoms with Crippen LogP contribution in [-0.4, -0.2) is 52.5 Å². The summed E-state index contributed by atoms with van der Waals surface area (Å²) in [4.78, 5) is 20.3. The van der Waals surface area contributed by atoms with Crippen molar-refractivity contribution in [2.75, 3.05) is 26.9 Å². The van der Waals surface area contributed by atoms with E-state index >= 15 is 0 Å². The molecule has 0 unspecified atom stereocenters. The number of nitrogens with zero attached hydrogens (tertiary/aromatic N) is 4. The second-order valence-corrected chi connectivity index (χ2v) is 5.66. The van der Waals surface area contributed by atoms with Crippen molar-refractivity contribution < 1.29 is 14.3 Å². The lowest BCUT2D eigenvalue weighted by atomic mass is 10.1. The van der Waals surface area contributed by atoms with Crippen LogP contribution in [-0.2, 0) is 22.4 Å². The average Bonchev–Trinajstić information content (AvgIpc) is 3.02. The van der Waals surface area contributed by atoms with E-state index < -0.39 is 0 Å². The smallest absolute Gasteiger partial charge is 0.271 e. The van der Waals surface area contributed by atoms with Crippen molar-refractivity contribution in [1.29, 1.82) is 0 Å². The molecule has 0 aromatic carbocycles. The number of amides is 1. The Morgan fingerprint density at radius 2 is 2.33 bits per heavy atom. The normalized spacial score (nSPS) is 16.7. The number of hydrogen-bond donors (Lipinski definition) is 1. The Balaban J connectivity index is 1.63. The lowest BCUT2D eigenvalue weighted by Crippen LogP contribution is -2.32. The Labute approximate surface area is 140 Å². The van der Waals surface area contributed by atoms with E-state index in [1.54, 1.807) is 13.3 Å². The molecule has 1 aliphatic heterocycles. The summed E-state index contributed by atoms with van der Waals surface area (Å²) in [7, 11) is 1.67. The molecular formula is C16H21N5O3. The summed E-state index contributed by atoms with van der Waals surface area (Å²) in [5.41, 5.74) is 3.11. The predicted molar refractivity (Wildman–Crippen MR) is 85.6 cm³/mol. The number of fused-ring (bicyclic) bond motifs is 1. The molecule has 1 aliphatic rings. The van der Waals surface area contributed by atoms with Gasteiger partial charge < -0.3 is 14.8 Å². The summed E-state index contributed by atoms with van der Waals surface area (Å²) in [6.45, 7) is 4.10. The predicted octanol–water partition coefficient (Wildman–Crippen LogP) is 0.672. The zero-order chi connectivity index (χ0) is 16.9. The zero-order valence-electron chi connectivity index (χ0n) is 13.9. The monoisotopic (exact) mass is 331 g/mol. The summed E-state index contributed by atoms with van der Waals surface area (Å²) < 4.78 is 12.7. The molecule has 24 heavy (non-hydrogen) atoms. The minimum absolute atomic E-state index is 0.250. The Bertz CT molecular complexity index is 698. The van der Waals surface area contributed by atoms with Gasteiger partial charge in [0.2, 0.25) is 0 Å². The minimum Gasteiger partial charge on any atom is -0.383 e. The first-order valence-corrected chi connectivity index (χ1v) is 7.91. The Morgan fingerprint density at radius 3 is 3.08 bits per heavy atom. The van der Waals surface area contributed by atoms with E-state index in [1.807, 2.05) is 17.8 Å².